The van der Waals surface area contributed by atoms with Gasteiger partial charge in [0.25, 0.3) is 5.56 Å². The number of hydrogen-bond donors (Lipinski definition) is 4. The number of phosphoric acid groups is 1. The van der Waals surface area contributed by atoms with E-state index in [1.54, 1.807) is 12.2 Å². The molecule has 2 heterocycles. The van der Waals surface area contributed by atoms with E-state index in [0.717, 1.165) is 4.57 Å². The number of aliphatic hydroxyl groups excluding tert-OH is 1. The molecule has 1 aliphatic rings. The Kier molecular flexibility index (Phi) is 9.70. The molecule has 1 aliphatic heterocycles. The van der Waals surface area contributed by atoms with Crippen LogP contribution in [-0.2, 0) is 18.6 Å². The third-order valence-electron chi connectivity index (χ3n) is 3.54. The van der Waals surface area contributed by atoms with Crippen molar-refractivity contribution in [2.24, 2.45) is 0 Å². The fourth-order valence-corrected chi connectivity index (χ4v) is 2.58. The topological polar surface area (TPSA) is 160 Å². The lowest BCUT2D eigenvalue weighted by atomic mass is 10.2. The Morgan fingerprint density at radius 3 is 2.50 bits per heavy atom. The van der Waals surface area contributed by atoms with Crippen LogP contribution >= 0.6 is 7.82 Å². The maximum Gasteiger partial charge on any atom is 0.469 e. The summed E-state index contributed by atoms with van der Waals surface area (Å²) in [4.78, 5) is 42.3. The van der Waals surface area contributed by atoms with Crippen LogP contribution in [0.5, 0.6) is 0 Å². The monoisotopic (exact) mass is 420 g/mol. The van der Waals surface area contributed by atoms with Gasteiger partial charge in [0, 0.05) is 18.2 Å². The van der Waals surface area contributed by atoms with Gasteiger partial charge in [-0.2, -0.15) is 0 Å². The third-order valence-corrected chi connectivity index (χ3v) is 4.02. The van der Waals surface area contributed by atoms with Crippen LogP contribution in [0.2, 0.25) is 0 Å². The van der Waals surface area contributed by atoms with Gasteiger partial charge in [-0.25, -0.2) is 9.36 Å². The largest absolute Gasteiger partial charge is 0.469 e. The molecular formula is C16H25N2O9P. The lowest BCUT2D eigenvalue weighted by Crippen LogP contribution is -2.33. The number of aliphatic hydroxyl groups is 1. The summed E-state index contributed by atoms with van der Waals surface area (Å²) in [7, 11) is -4.67. The van der Waals surface area contributed by atoms with Crippen molar-refractivity contribution >= 4 is 7.82 Å². The predicted octanol–water partition coefficient (Wildman–Crippen LogP) is -0.0223. The van der Waals surface area contributed by atoms with E-state index in [4.69, 9.17) is 19.3 Å². The van der Waals surface area contributed by atoms with E-state index in [1.807, 2.05) is 0 Å². The minimum Gasteiger partial charge on any atom is -0.390 e. The fraction of sp³-hybridized carbons (Fsp3) is 0.500. The average molecular weight is 420 g/mol. The highest BCUT2D eigenvalue weighted by molar-refractivity contribution is 7.46. The summed E-state index contributed by atoms with van der Waals surface area (Å²) in [6, 6.07) is 0. The van der Waals surface area contributed by atoms with E-state index < -0.39 is 44.1 Å². The van der Waals surface area contributed by atoms with Crippen molar-refractivity contribution < 1.29 is 33.5 Å². The second kappa shape index (κ2) is 11.2. The molecule has 2 rings (SSSR count). The quantitative estimate of drug-likeness (QED) is 0.257. The van der Waals surface area contributed by atoms with Gasteiger partial charge in [-0.3, -0.25) is 18.9 Å². The van der Waals surface area contributed by atoms with Crippen molar-refractivity contribution in [2.45, 2.75) is 31.8 Å². The molecular weight excluding hydrogens is 395 g/mol. The van der Waals surface area contributed by atoms with Crippen LogP contribution < -0.4 is 11.2 Å². The number of rotatable bonds is 8. The molecule has 3 atom stereocenters. The summed E-state index contributed by atoms with van der Waals surface area (Å²) in [6.45, 7) is 9.17. The molecule has 0 radical (unpaired) electrons. The molecule has 1 aromatic rings. The fourth-order valence-electron chi connectivity index (χ4n) is 2.24. The summed E-state index contributed by atoms with van der Waals surface area (Å²) in [5.74, 6) is 0. The molecule has 0 bridgehead atoms. The van der Waals surface area contributed by atoms with E-state index in [1.165, 1.54) is 13.1 Å². The normalized spacial score (nSPS) is 21.6. The first-order chi connectivity index (χ1) is 13.1. The van der Waals surface area contributed by atoms with Gasteiger partial charge >= 0.3 is 13.5 Å². The molecule has 4 N–H and O–H groups in total. The van der Waals surface area contributed by atoms with Crippen molar-refractivity contribution in [1.82, 2.24) is 9.55 Å². The smallest absolute Gasteiger partial charge is 0.390 e. The molecule has 158 valence electrons. The number of H-pyrrole nitrogens is 1. The highest BCUT2D eigenvalue weighted by Crippen LogP contribution is 2.38. The van der Waals surface area contributed by atoms with E-state index in [9.17, 15) is 19.3 Å². The average Bonchev–Trinajstić information content (AvgIpc) is 2.97. The molecule has 12 heteroatoms. The maximum atomic E-state index is 11.7. The minimum absolute atomic E-state index is 0.0283. The van der Waals surface area contributed by atoms with Crippen molar-refractivity contribution in [3.8, 4) is 0 Å². The summed E-state index contributed by atoms with van der Waals surface area (Å²) < 4.78 is 26.3. The molecule has 0 unspecified atom stereocenters. The van der Waals surface area contributed by atoms with Gasteiger partial charge in [0.2, 0.25) is 0 Å². The van der Waals surface area contributed by atoms with Crippen LogP contribution in [0.4, 0.5) is 0 Å². The number of hydrogen-bond acceptors (Lipinski definition) is 7. The van der Waals surface area contributed by atoms with Crippen LogP contribution in [0.15, 0.2) is 41.1 Å². The Morgan fingerprint density at radius 2 is 1.96 bits per heavy atom. The molecule has 0 amide bonds. The number of aromatic amines is 1. The second-order valence-electron chi connectivity index (χ2n) is 5.81. The first kappa shape index (κ1) is 24.2. The Hall–Kier alpha value is -1.85. The molecule has 1 aromatic heterocycles. The predicted molar refractivity (Wildman–Crippen MR) is 99.8 cm³/mol. The number of aryl methyl sites for hydroxylation is 1. The van der Waals surface area contributed by atoms with Crippen LogP contribution in [0, 0.1) is 6.92 Å². The van der Waals surface area contributed by atoms with Crippen molar-refractivity contribution in [2.75, 3.05) is 19.8 Å². The Morgan fingerprint density at radius 1 is 1.36 bits per heavy atom. The highest BCUT2D eigenvalue weighted by Gasteiger charge is 2.37. The third kappa shape index (κ3) is 8.03. The second-order valence-corrected chi connectivity index (χ2v) is 7.05. The first-order valence-corrected chi connectivity index (χ1v) is 9.77. The van der Waals surface area contributed by atoms with Gasteiger partial charge in [-0.1, -0.05) is 12.2 Å². The minimum atomic E-state index is -4.67. The van der Waals surface area contributed by atoms with Gasteiger partial charge in [-0.05, 0) is 6.92 Å². The summed E-state index contributed by atoms with van der Waals surface area (Å²) in [6.07, 6.45) is 1.86. The number of nitrogens with one attached hydrogen (secondary N) is 1. The molecule has 0 aromatic carbocycles. The zero-order valence-corrected chi connectivity index (χ0v) is 16.3. The van der Waals surface area contributed by atoms with E-state index in [2.05, 4.69) is 22.7 Å². The lowest BCUT2D eigenvalue weighted by molar-refractivity contribution is -0.0451. The number of aromatic nitrogens is 2. The zero-order valence-electron chi connectivity index (χ0n) is 15.4. The summed E-state index contributed by atoms with van der Waals surface area (Å²) >= 11 is 0. The van der Waals surface area contributed by atoms with Crippen LogP contribution in [0.3, 0.4) is 0 Å². The molecule has 11 nitrogen and oxygen atoms in total. The molecule has 28 heavy (non-hydrogen) atoms. The van der Waals surface area contributed by atoms with Crippen LogP contribution in [-0.4, -0.2) is 56.5 Å². The van der Waals surface area contributed by atoms with Crippen LogP contribution in [0.1, 0.15) is 18.2 Å². The van der Waals surface area contributed by atoms with E-state index in [0.29, 0.717) is 18.8 Å². The lowest BCUT2D eigenvalue weighted by Gasteiger charge is -2.16. The van der Waals surface area contributed by atoms with Crippen LogP contribution in [0.25, 0.3) is 0 Å². The van der Waals surface area contributed by atoms with Gasteiger partial charge < -0.3 is 24.4 Å². The zero-order chi connectivity index (χ0) is 21.3. The molecule has 0 aliphatic carbocycles. The number of nitrogens with zero attached hydrogens (tertiary/aromatic N) is 1. The number of phosphoric ester groups is 1. The highest BCUT2D eigenvalue weighted by atomic mass is 31.2. The number of ether oxygens (including phenoxy) is 2. The molecule has 0 saturated carbocycles. The van der Waals surface area contributed by atoms with Crippen molar-refractivity contribution in [1.29, 1.82) is 0 Å². The molecule has 1 saturated heterocycles. The summed E-state index contributed by atoms with van der Waals surface area (Å²) in [5, 5.41) is 9.79. The SMILES string of the molecule is C=CCOCC=C.Cc1cn([C@H]2C[C@H](O)[C@@H](COP(=O)(O)O)O2)c(=O)[nH]c1=O. The summed E-state index contributed by atoms with van der Waals surface area (Å²) in [5.41, 5.74) is -0.918. The van der Waals surface area contributed by atoms with Gasteiger partial charge in [0.1, 0.15) is 12.3 Å². The first-order valence-electron chi connectivity index (χ1n) is 8.24. The Labute approximate surface area is 161 Å². The standard InChI is InChI=1S/C10H15N2O8P.C6H10O/c1-5-3-12(10(15)11-9(5)14)8-2-6(13)7(20-8)4-19-21(16,17)18;1-3-5-7-6-4-2/h3,6-8,13H,2,4H2,1H3,(H,11,14,15)(H2,16,17,18);3-4H,1-2,5-6H2/t6-,7+,8+;/m0./s1. The van der Waals surface area contributed by atoms with Gasteiger partial charge in [0.15, 0.2) is 0 Å². The molecule has 0 spiro atoms. The van der Waals surface area contributed by atoms with Gasteiger partial charge in [0.05, 0.1) is 25.9 Å². The maximum absolute atomic E-state index is 11.7. The molecule has 1 fully saturated rings. The Bertz CT molecular complexity index is 805. The van der Waals surface area contributed by atoms with Gasteiger partial charge in [-0.15, -0.1) is 13.2 Å². The van der Waals surface area contributed by atoms with E-state index >= 15 is 0 Å². The Balaban J connectivity index is 0.000000480. The van der Waals surface area contributed by atoms with E-state index in [-0.39, 0.29) is 6.42 Å². The van der Waals surface area contributed by atoms with Crippen molar-refractivity contribution in [3.05, 3.63) is 57.9 Å². The van der Waals surface area contributed by atoms with Crippen molar-refractivity contribution in [3.63, 3.8) is 0 Å².